The van der Waals surface area contributed by atoms with Gasteiger partial charge in [0, 0.05) is 132 Å². The molecule has 0 spiro atoms. The first kappa shape index (κ1) is 45.9. The molecule has 0 unspecified atom stereocenters. The van der Waals surface area contributed by atoms with Crippen LogP contribution in [0.2, 0.25) is 6.82 Å². The van der Waals surface area contributed by atoms with Crippen molar-refractivity contribution in [3.63, 3.8) is 0 Å². The first-order valence-corrected chi connectivity index (χ1v) is 11.0. The topological polar surface area (TPSA) is 138 Å². The predicted octanol–water partition coefficient (Wildman–Crippen LogP) is 2.64. The Hall–Kier alpha value is -0.0592. The Kier molecular flexibility index (Phi) is 27.7. The van der Waals surface area contributed by atoms with Crippen LogP contribution in [0.1, 0.15) is 48.7 Å². The van der Waals surface area contributed by atoms with E-state index in [4.69, 9.17) is 23.9 Å². The van der Waals surface area contributed by atoms with Crippen LogP contribution in [0.15, 0.2) is 36.7 Å². The van der Waals surface area contributed by atoms with Crippen molar-refractivity contribution in [2.45, 2.75) is 45.7 Å². The van der Waals surface area contributed by atoms with Gasteiger partial charge in [-0.2, -0.15) is 0 Å². The molecular weight excluding hydrogens is 1180 g/mol. The minimum absolute atomic E-state index is 0. The van der Waals surface area contributed by atoms with Crippen molar-refractivity contribution < 1.29 is 132 Å². The van der Waals surface area contributed by atoms with Crippen LogP contribution in [0.25, 0.3) is 0 Å². The zero-order valence-corrected chi connectivity index (χ0v) is 36.7. The summed E-state index contributed by atoms with van der Waals surface area (Å²) in [5, 5.41) is 9.48. The van der Waals surface area contributed by atoms with Crippen molar-refractivity contribution >= 4 is 19.0 Å². The van der Waals surface area contributed by atoms with Crippen LogP contribution in [0, 0.1) is 93.3 Å². The Balaban J connectivity index is -0.000000221. The molecule has 0 aliphatic carbocycles. The number of aromatic nitrogens is 2. The molecule has 2 aromatic heterocycles. The summed E-state index contributed by atoms with van der Waals surface area (Å²) >= 11 is 0. The summed E-state index contributed by atoms with van der Waals surface area (Å²) in [7, 11) is 6.87. The van der Waals surface area contributed by atoms with E-state index in [0.29, 0.717) is 17.2 Å². The van der Waals surface area contributed by atoms with Crippen LogP contribution in [0.3, 0.4) is 0 Å². The molecule has 39 heavy (non-hydrogen) atoms. The molecule has 0 aromatic carbocycles. The molecule has 2 aromatic rings. The molecule has 3 rings (SSSR count). The first-order valence-electron chi connectivity index (χ1n) is 11.0. The van der Waals surface area contributed by atoms with Crippen molar-refractivity contribution in [1.82, 2.24) is 15.3 Å². The number of amides is 1. The molecule has 3 heterocycles. The van der Waals surface area contributed by atoms with Crippen molar-refractivity contribution in [2.24, 2.45) is 0 Å². The molecule has 0 bridgehead atoms. The summed E-state index contributed by atoms with van der Waals surface area (Å²) in [6.45, 7) is 10.1. The van der Waals surface area contributed by atoms with E-state index in [1.54, 1.807) is 32.4 Å². The fourth-order valence-electron chi connectivity index (χ4n) is 2.68. The van der Waals surface area contributed by atoms with Gasteiger partial charge in [0.2, 0.25) is 0 Å². The van der Waals surface area contributed by atoms with Crippen molar-refractivity contribution in [1.29, 1.82) is 0 Å². The molecule has 0 radical (unpaired) electrons. The number of methoxy groups -OCH3 is 3. The first-order chi connectivity index (χ1) is 16.9. The van der Waals surface area contributed by atoms with E-state index in [-0.39, 0.29) is 123 Å². The normalized spacial score (nSPS) is 13.3. The zero-order valence-electron chi connectivity index (χ0n) is 24.2. The average Bonchev–Trinajstić information content (AvgIpc) is 3.08. The Morgan fingerprint density at radius 3 is 1.54 bits per heavy atom. The van der Waals surface area contributed by atoms with Crippen LogP contribution in [-0.2, 0) is 14.0 Å². The number of rotatable bonds is 4. The van der Waals surface area contributed by atoms with Gasteiger partial charge in [0.05, 0.1) is 32.5 Å². The molecule has 0 atom stereocenters. The smallest absolute Gasteiger partial charge is 0.454 e. The van der Waals surface area contributed by atoms with E-state index in [1.165, 1.54) is 32.7 Å². The average molecular weight is 1220 g/mol. The Morgan fingerprint density at radius 2 is 1.23 bits per heavy atom. The second-order valence-corrected chi connectivity index (χ2v) is 8.06. The fraction of sp³-hybridized carbons (Fsp3) is 0.500. The number of aliphatic hydroxyl groups excluding tert-OH is 1. The SMILES string of the molecule is CB1OC(C)(C)C(C)(C)O1.CNC(=O)c1cc(OC)ccn1.CO.COC(=O)c1cc(OC)ccn1.[U].[U].[U]. The monoisotopic (exact) mass is 1220 g/mol. The third kappa shape index (κ3) is 16.2. The van der Waals surface area contributed by atoms with Gasteiger partial charge in [0.25, 0.3) is 5.91 Å². The summed E-state index contributed by atoms with van der Waals surface area (Å²) in [4.78, 5) is 29.7. The van der Waals surface area contributed by atoms with E-state index >= 15 is 0 Å². The molecular formula is C24H38BN3O8U3. The second kappa shape index (κ2) is 23.5. The largest absolute Gasteiger partial charge is 0.497 e. The molecule has 1 saturated heterocycles. The quantitative estimate of drug-likeness (QED) is 0.348. The summed E-state index contributed by atoms with van der Waals surface area (Å²) in [6.07, 6.45) is 3.02. The molecule has 212 valence electrons. The third-order valence-electron chi connectivity index (χ3n) is 5.16. The Bertz CT molecular complexity index is 896. The standard InChI is InChI=1S/C8H10N2O2.C8H9NO3.C7H15BO2.CH4O.3U/c1-9-8(11)7-5-6(12-2)3-4-10-7;1-11-6-3-4-9-7(5-6)8(10)12-2;1-6(2)7(3,4)10-8(5)9-6;1-2;;;/h3-5H,1-2H3,(H,9,11);3-5H,1-2H3;1-5H3;2H,1H3;;;. The molecule has 0 saturated carbocycles. The summed E-state index contributed by atoms with van der Waals surface area (Å²) in [6, 6.07) is 6.45. The van der Waals surface area contributed by atoms with Crippen molar-refractivity contribution in [2.75, 3.05) is 35.5 Å². The fourth-order valence-corrected chi connectivity index (χ4v) is 2.68. The number of esters is 1. The van der Waals surface area contributed by atoms with Gasteiger partial charge >= 0.3 is 13.1 Å². The molecule has 1 fully saturated rings. The number of ether oxygens (including phenoxy) is 3. The minimum Gasteiger partial charge on any atom is -0.497 e. The number of pyridine rings is 2. The maximum Gasteiger partial charge on any atom is 0.454 e. The minimum atomic E-state index is -0.464. The van der Waals surface area contributed by atoms with Gasteiger partial charge in [-0.3, -0.25) is 9.78 Å². The van der Waals surface area contributed by atoms with Gasteiger partial charge < -0.3 is 33.9 Å². The van der Waals surface area contributed by atoms with Crippen LogP contribution in [0.4, 0.5) is 0 Å². The number of aliphatic hydroxyl groups is 1. The summed E-state index contributed by atoms with van der Waals surface area (Å²) < 4.78 is 25.4. The molecule has 11 nitrogen and oxygen atoms in total. The molecule has 1 amide bonds. The Morgan fingerprint density at radius 1 is 0.846 bits per heavy atom. The summed E-state index contributed by atoms with van der Waals surface area (Å²) in [5.74, 6) is 0.539. The maximum absolute atomic E-state index is 11.1. The van der Waals surface area contributed by atoms with Crippen LogP contribution < -0.4 is 14.8 Å². The zero-order chi connectivity index (χ0) is 27.9. The van der Waals surface area contributed by atoms with Gasteiger partial charge in [-0.05, 0) is 46.7 Å². The van der Waals surface area contributed by atoms with Gasteiger partial charge in [-0.15, -0.1) is 0 Å². The van der Waals surface area contributed by atoms with E-state index < -0.39 is 5.97 Å². The van der Waals surface area contributed by atoms with Crippen LogP contribution >= 0.6 is 0 Å². The summed E-state index contributed by atoms with van der Waals surface area (Å²) in [5.41, 5.74) is 0.285. The van der Waals surface area contributed by atoms with Crippen molar-refractivity contribution in [3.8, 4) is 11.5 Å². The number of hydrogen-bond donors (Lipinski definition) is 2. The predicted molar refractivity (Wildman–Crippen MR) is 136 cm³/mol. The number of carbonyl (C=O) groups is 2. The van der Waals surface area contributed by atoms with E-state index in [2.05, 4.69) is 47.7 Å². The van der Waals surface area contributed by atoms with Gasteiger partial charge in [0.1, 0.15) is 17.2 Å². The van der Waals surface area contributed by atoms with Gasteiger partial charge in [-0.25, -0.2) is 9.78 Å². The van der Waals surface area contributed by atoms with Crippen LogP contribution in [-0.4, -0.2) is 80.8 Å². The van der Waals surface area contributed by atoms with E-state index in [0.717, 1.165) is 7.11 Å². The van der Waals surface area contributed by atoms with Gasteiger partial charge in [-0.1, -0.05) is 0 Å². The number of nitrogens with zero attached hydrogens (tertiary/aromatic N) is 2. The number of nitrogens with one attached hydrogen (secondary N) is 1. The van der Waals surface area contributed by atoms with Gasteiger partial charge in [0.15, 0.2) is 5.69 Å². The maximum atomic E-state index is 11.1. The molecule has 1 aliphatic heterocycles. The molecule has 2 N–H and O–H groups in total. The number of carbonyl (C=O) groups excluding carboxylic acids is 2. The van der Waals surface area contributed by atoms with E-state index in [9.17, 15) is 9.59 Å². The Labute approximate surface area is 303 Å². The van der Waals surface area contributed by atoms with E-state index in [1.807, 2.05) is 6.82 Å². The second-order valence-electron chi connectivity index (χ2n) is 8.06. The molecule has 15 heteroatoms. The van der Waals surface area contributed by atoms with Crippen LogP contribution in [0.5, 0.6) is 11.5 Å². The molecule has 1 aliphatic rings. The van der Waals surface area contributed by atoms with Crippen molar-refractivity contribution in [3.05, 3.63) is 48.0 Å². The number of hydrogen-bond acceptors (Lipinski definition) is 10. The third-order valence-corrected chi connectivity index (χ3v) is 5.16.